The summed E-state index contributed by atoms with van der Waals surface area (Å²) in [6, 6.07) is 1.57. The highest BCUT2D eigenvalue weighted by Crippen LogP contribution is 2.11. The van der Waals surface area contributed by atoms with Crippen molar-refractivity contribution in [1.82, 2.24) is 14.8 Å². The van der Waals surface area contributed by atoms with Crippen molar-refractivity contribution in [2.75, 3.05) is 0 Å². The van der Waals surface area contributed by atoms with Crippen LogP contribution in [-0.2, 0) is 6.54 Å². The first kappa shape index (κ1) is 10.7. The summed E-state index contributed by atoms with van der Waals surface area (Å²) in [4.78, 5) is 16.7. The van der Waals surface area contributed by atoms with E-state index in [1.165, 1.54) is 4.68 Å². The van der Waals surface area contributed by atoms with E-state index in [-0.39, 0.29) is 5.56 Å². The summed E-state index contributed by atoms with van der Waals surface area (Å²) in [6.45, 7) is 2.44. The molecule has 2 aromatic heterocycles. The van der Waals surface area contributed by atoms with E-state index in [1.807, 2.05) is 6.92 Å². The molecule has 2 rings (SSSR count). The van der Waals surface area contributed by atoms with E-state index in [0.29, 0.717) is 6.54 Å². The van der Waals surface area contributed by atoms with Gasteiger partial charge in [0.1, 0.15) is 0 Å². The summed E-state index contributed by atoms with van der Waals surface area (Å²) in [5.74, 6) is 0. The standard InChI is InChI=1S/C9H8IN3OS/c1-6-11-4-8(15-6)5-13-9(14)2-7(10)3-12-13/h2-4H,5H2,1H3. The van der Waals surface area contributed by atoms with Gasteiger partial charge in [-0.3, -0.25) is 4.79 Å². The van der Waals surface area contributed by atoms with Gasteiger partial charge in [-0.25, -0.2) is 9.67 Å². The lowest BCUT2D eigenvalue weighted by Gasteiger charge is -2.00. The minimum Gasteiger partial charge on any atom is -0.268 e. The first-order chi connectivity index (χ1) is 7.15. The number of aromatic nitrogens is 3. The molecule has 0 spiro atoms. The zero-order valence-corrected chi connectivity index (χ0v) is 10.9. The van der Waals surface area contributed by atoms with Crippen LogP contribution in [0, 0.1) is 10.5 Å². The lowest BCUT2D eigenvalue weighted by Crippen LogP contribution is -2.22. The second-order valence-corrected chi connectivity index (χ2v) is 5.58. The van der Waals surface area contributed by atoms with E-state index in [9.17, 15) is 4.79 Å². The molecule has 0 aliphatic rings. The lowest BCUT2D eigenvalue weighted by molar-refractivity contribution is 0.642. The van der Waals surface area contributed by atoms with Crippen molar-refractivity contribution >= 4 is 33.9 Å². The molecular formula is C9H8IN3OS. The smallest absolute Gasteiger partial charge is 0.268 e. The minimum absolute atomic E-state index is 0.0760. The molecular weight excluding hydrogens is 325 g/mol. The second-order valence-electron chi connectivity index (χ2n) is 3.02. The molecule has 0 atom stereocenters. The Morgan fingerprint density at radius 2 is 2.33 bits per heavy atom. The minimum atomic E-state index is -0.0760. The molecule has 0 amide bonds. The highest BCUT2D eigenvalue weighted by atomic mass is 127. The molecule has 0 saturated heterocycles. The van der Waals surface area contributed by atoms with E-state index in [0.717, 1.165) is 13.5 Å². The Hall–Kier alpha value is -0.760. The molecule has 78 valence electrons. The largest absolute Gasteiger partial charge is 0.268 e. The summed E-state index contributed by atoms with van der Waals surface area (Å²) in [5.41, 5.74) is -0.0760. The summed E-state index contributed by atoms with van der Waals surface area (Å²) in [5, 5.41) is 5.06. The molecule has 0 unspecified atom stereocenters. The molecule has 0 fully saturated rings. The maximum Gasteiger partial charge on any atom is 0.268 e. The van der Waals surface area contributed by atoms with Gasteiger partial charge >= 0.3 is 0 Å². The normalized spacial score (nSPS) is 10.5. The number of nitrogens with zero attached hydrogens (tertiary/aromatic N) is 3. The molecule has 0 aromatic carbocycles. The van der Waals surface area contributed by atoms with Gasteiger partial charge in [0.25, 0.3) is 5.56 Å². The van der Waals surface area contributed by atoms with Gasteiger partial charge in [0, 0.05) is 20.7 Å². The predicted molar refractivity (Wildman–Crippen MR) is 67.2 cm³/mol. The van der Waals surface area contributed by atoms with Crippen molar-refractivity contribution in [2.45, 2.75) is 13.5 Å². The van der Waals surface area contributed by atoms with Crippen molar-refractivity contribution in [2.24, 2.45) is 0 Å². The number of hydrogen-bond acceptors (Lipinski definition) is 4. The Morgan fingerprint density at radius 1 is 1.53 bits per heavy atom. The fraction of sp³-hybridized carbons (Fsp3) is 0.222. The highest BCUT2D eigenvalue weighted by molar-refractivity contribution is 14.1. The highest BCUT2D eigenvalue weighted by Gasteiger charge is 2.02. The van der Waals surface area contributed by atoms with Gasteiger partial charge in [-0.2, -0.15) is 5.10 Å². The van der Waals surface area contributed by atoms with Crippen molar-refractivity contribution in [3.63, 3.8) is 0 Å². The zero-order chi connectivity index (χ0) is 10.8. The fourth-order valence-electron chi connectivity index (χ4n) is 1.16. The second kappa shape index (κ2) is 4.40. The van der Waals surface area contributed by atoms with Crippen molar-refractivity contribution in [1.29, 1.82) is 0 Å². The zero-order valence-electron chi connectivity index (χ0n) is 7.98. The van der Waals surface area contributed by atoms with Gasteiger partial charge < -0.3 is 0 Å². The third-order valence-electron chi connectivity index (χ3n) is 1.81. The van der Waals surface area contributed by atoms with Gasteiger partial charge in [-0.15, -0.1) is 11.3 Å². The summed E-state index contributed by atoms with van der Waals surface area (Å²) in [7, 11) is 0. The number of rotatable bonds is 2. The van der Waals surface area contributed by atoms with Crippen LogP contribution in [0.1, 0.15) is 9.88 Å². The average molecular weight is 333 g/mol. The Balaban J connectivity index is 2.28. The summed E-state index contributed by atoms with van der Waals surface area (Å²) >= 11 is 3.65. The van der Waals surface area contributed by atoms with Crippen LogP contribution >= 0.6 is 33.9 Å². The van der Waals surface area contributed by atoms with Crippen LogP contribution in [0.5, 0.6) is 0 Å². The van der Waals surface area contributed by atoms with E-state index < -0.39 is 0 Å². The van der Waals surface area contributed by atoms with Crippen LogP contribution in [0.3, 0.4) is 0 Å². The molecule has 0 N–H and O–H groups in total. The number of halogens is 1. The maximum absolute atomic E-state index is 11.5. The molecule has 0 saturated carbocycles. The van der Waals surface area contributed by atoms with Crippen LogP contribution in [0.4, 0.5) is 0 Å². The van der Waals surface area contributed by atoms with Gasteiger partial charge in [0.15, 0.2) is 0 Å². The van der Waals surface area contributed by atoms with E-state index in [4.69, 9.17) is 0 Å². The molecule has 6 heteroatoms. The molecule has 4 nitrogen and oxygen atoms in total. The van der Waals surface area contributed by atoms with Gasteiger partial charge in [-0.1, -0.05) is 0 Å². The van der Waals surface area contributed by atoms with Crippen LogP contribution in [0.2, 0.25) is 0 Å². The third-order valence-corrected chi connectivity index (χ3v) is 3.30. The van der Waals surface area contributed by atoms with Gasteiger partial charge in [0.05, 0.1) is 17.7 Å². The van der Waals surface area contributed by atoms with E-state index in [1.54, 1.807) is 29.8 Å². The van der Waals surface area contributed by atoms with Crippen LogP contribution < -0.4 is 5.56 Å². The predicted octanol–water partition coefficient (Wildman–Crippen LogP) is 1.66. The first-order valence-corrected chi connectivity index (χ1v) is 6.18. The van der Waals surface area contributed by atoms with E-state index in [2.05, 4.69) is 32.7 Å². The number of aryl methyl sites for hydroxylation is 1. The summed E-state index contributed by atoms with van der Waals surface area (Å²) < 4.78 is 2.30. The van der Waals surface area contributed by atoms with Crippen LogP contribution in [-0.4, -0.2) is 14.8 Å². The Bertz CT molecular complexity index is 534. The van der Waals surface area contributed by atoms with Crippen molar-refractivity contribution < 1.29 is 0 Å². The first-order valence-electron chi connectivity index (χ1n) is 4.29. The topological polar surface area (TPSA) is 47.8 Å². The summed E-state index contributed by atoms with van der Waals surface area (Å²) in [6.07, 6.45) is 3.46. The Morgan fingerprint density at radius 3 is 2.93 bits per heavy atom. The Kier molecular flexibility index (Phi) is 3.15. The van der Waals surface area contributed by atoms with Gasteiger partial charge in [-0.05, 0) is 29.5 Å². The average Bonchev–Trinajstić information content (AvgIpc) is 2.56. The maximum atomic E-state index is 11.5. The molecule has 0 radical (unpaired) electrons. The van der Waals surface area contributed by atoms with Crippen molar-refractivity contribution in [3.8, 4) is 0 Å². The molecule has 2 heterocycles. The monoisotopic (exact) mass is 333 g/mol. The SMILES string of the molecule is Cc1ncc(Cn2ncc(I)cc2=O)s1. The van der Waals surface area contributed by atoms with Gasteiger partial charge in [0.2, 0.25) is 0 Å². The molecule has 0 aliphatic heterocycles. The lowest BCUT2D eigenvalue weighted by atomic mass is 10.5. The van der Waals surface area contributed by atoms with Crippen molar-refractivity contribution in [3.05, 3.63) is 42.3 Å². The molecule has 15 heavy (non-hydrogen) atoms. The van der Waals surface area contributed by atoms with E-state index >= 15 is 0 Å². The number of hydrogen-bond donors (Lipinski definition) is 0. The number of thiazole rings is 1. The Labute approximate surface area is 104 Å². The van der Waals surface area contributed by atoms with Crippen LogP contribution in [0.15, 0.2) is 23.3 Å². The third kappa shape index (κ3) is 2.63. The fourth-order valence-corrected chi connectivity index (χ4v) is 2.32. The molecule has 0 bridgehead atoms. The molecule has 2 aromatic rings. The molecule has 0 aliphatic carbocycles. The quantitative estimate of drug-likeness (QED) is 0.786. The van der Waals surface area contributed by atoms with Crippen LogP contribution in [0.25, 0.3) is 0 Å².